The molecule has 1 nitrogen and oxygen atoms in total. The molecular formula is C15H16O. The van der Waals surface area contributed by atoms with Gasteiger partial charge in [0, 0.05) is 12.3 Å². The summed E-state index contributed by atoms with van der Waals surface area (Å²) in [7, 11) is 0. The molecule has 3 atom stereocenters. The van der Waals surface area contributed by atoms with Crippen LogP contribution in [0, 0.1) is 11.8 Å². The lowest BCUT2D eigenvalue weighted by Crippen LogP contribution is -2.00. The Kier molecular flexibility index (Phi) is 2.20. The fraction of sp³-hybridized carbons (Fsp3) is 0.400. The Hall–Kier alpha value is -1.37. The largest absolute Gasteiger partial charge is 0.299 e. The Morgan fingerprint density at radius 3 is 3.06 bits per heavy atom. The van der Waals surface area contributed by atoms with Gasteiger partial charge in [-0.3, -0.25) is 4.79 Å². The third-order valence-electron chi connectivity index (χ3n) is 4.05. The van der Waals surface area contributed by atoms with Gasteiger partial charge in [0.25, 0.3) is 0 Å². The molecule has 0 saturated heterocycles. The monoisotopic (exact) mass is 212 g/mol. The average Bonchev–Trinajstić information content (AvgIpc) is 3.04. The molecular weight excluding hydrogens is 196 g/mol. The van der Waals surface area contributed by atoms with Crippen LogP contribution in [0.2, 0.25) is 0 Å². The minimum absolute atomic E-state index is 0.293. The van der Waals surface area contributed by atoms with E-state index in [1.807, 2.05) is 0 Å². The molecule has 3 unspecified atom stereocenters. The number of allylic oxidation sites excluding steroid dienone is 1. The van der Waals surface area contributed by atoms with Crippen LogP contribution in [0.15, 0.2) is 36.9 Å². The highest BCUT2D eigenvalue weighted by atomic mass is 16.1. The molecule has 0 amide bonds. The second-order valence-corrected chi connectivity index (χ2v) is 4.91. The van der Waals surface area contributed by atoms with E-state index < -0.39 is 0 Å². The van der Waals surface area contributed by atoms with Crippen molar-refractivity contribution in [3.63, 3.8) is 0 Å². The van der Waals surface area contributed by atoms with Crippen molar-refractivity contribution in [3.8, 4) is 0 Å². The molecule has 0 aliphatic heterocycles. The van der Waals surface area contributed by atoms with Gasteiger partial charge in [-0.25, -0.2) is 0 Å². The van der Waals surface area contributed by atoms with Gasteiger partial charge in [0.05, 0.1) is 0 Å². The first-order chi connectivity index (χ1) is 7.83. The van der Waals surface area contributed by atoms with Crippen molar-refractivity contribution in [2.45, 2.75) is 25.2 Å². The van der Waals surface area contributed by atoms with Gasteiger partial charge in [0.15, 0.2) is 0 Å². The highest BCUT2D eigenvalue weighted by Crippen LogP contribution is 2.60. The van der Waals surface area contributed by atoms with Crippen molar-refractivity contribution in [3.05, 3.63) is 48.0 Å². The van der Waals surface area contributed by atoms with Crippen molar-refractivity contribution < 1.29 is 4.79 Å². The summed E-state index contributed by atoms with van der Waals surface area (Å²) in [5.74, 6) is 1.84. The smallest absolute Gasteiger partial charge is 0.140 e. The van der Waals surface area contributed by atoms with Crippen molar-refractivity contribution in [2.24, 2.45) is 11.8 Å². The van der Waals surface area contributed by atoms with Crippen LogP contribution in [0.1, 0.15) is 29.9 Å². The molecule has 0 bridgehead atoms. The predicted octanol–water partition coefficient (Wildman–Crippen LogP) is 3.11. The van der Waals surface area contributed by atoms with E-state index in [2.05, 4.69) is 30.8 Å². The fourth-order valence-electron chi connectivity index (χ4n) is 3.28. The lowest BCUT2D eigenvalue weighted by Gasteiger charge is -2.13. The molecule has 2 aliphatic carbocycles. The summed E-state index contributed by atoms with van der Waals surface area (Å²) in [5, 5.41) is 0. The van der Waals surface area contributed by atoms with E-state index in [9.17, 15) is 4.79 Å². The fourth-order valence-corrected chi connectivity index (χ4v) is 3.28. The minimum atomic E-state index is 0.293. The van der Waals surface area contributed by atoms with Gasteiger partial charge in [0.1, 0.15) is 5.78 Å². The van der Waals surface area contributed by atoms with Crippen LogP contribution in [0.5, 0.6) is 0 Å². The third kappa shape index (κ3) is 1.35. The molecule has 1 saturated carbocycles. The van der Waals surface area contributed by atoms with Gasteiger partial charge in [-0.1, -0.05) is 30.3 Å². The molecule has 1 aromatic carbocycles. The summed E-state index contributed by atoms with van der Waals surface area (Å²) < 4.78 is 0. The van der Waals surface area contributed by atoms with Crippen LogP contribution in [0.4, 0.5) is 0 Å². The van der Waals surface area contributed by atoms with Gasteiger partial charge in [-0.2, -0.15) is 0 Å². The number of carbonyl (C=O) groups is 1. The Balaban J connectivity index is 1.87. The first kappa shape index (κ1) is 9.83. The maximum Gasteiger partial charge on any atom is 0.140 e. The van der Waals surface area contributed by atoms with E-state index in [1.54, 1.807) is 6.08 Å². The zero-order chi connectivity index (χ0) is 11.1. The third-order valence-corrected chi connectivity index (χ3v) is 4.05. The SMILES string of the molecule is C=CCC(=O)C1C2CCc3ccccc3C21. The highest BCUT2D eigenvalue weighted by Gasteiger charge is 2.55. The summed E-state index contributed by atoms with van der Waals surface area (Å²) in [6.45, 7) is 3.65. The van der Waals surface area contributed by atoms with Crippen LogP contribution >= 0.6 is 0 Å². The molecule has 82 valence electrons. The molecule has 2 aliphatic rings. The van der Waals surface area contributed by atoms with Crippen LogP contribution in [-0.2, 0) is 11.2 Å². The summed E-state index contributed by atoms with van der Waals surface area (Å²) >= 11 is 0. The van der Waals surface area contributed by atoms with E-state index in [0.717, 1.165) is 6.42 Å². The lowest BCUT2D eigenvalue weighted by molar-refractivity contribution is -0.119. The van der Waals surface area contributed by atoms with E-state index >= 15 is 0 Å². The maximum atomic E-state index is 11.9. The average molecular weight is 212 g/mol. The van der Waals surface area contributed by atoms with Crippen molar-refractivity contribution >= 4 is 5.78 Å². The Morgan fingerprint density at radius 1 is 1.44 bits per heavy atom. The second kappa shape index (κ2) is 3.58. The van der Waals surface area contributed by atoms with Gasteiger partial charge < -0.3 is 0 Å². The zero-order valence-corrected chi connectivity index (χ0v) is 9.36. The van der Waals surface area contributed by atoms with Gasteiger partial charge >= 0.3 is 0 Å². The summed E-state index contributed by atoms with van der Waals surface area (Å²) in [5.41, 5.74) is 2.89. The summed E-state index contributed by atoms with van der Waals surface area (Å²) in [6.07, 6.45) is 4.61. The molecule has 0 radical (unpaired) electrons. The van der Waals surface area contributed by atoms with Crippen molar-refractivity contribution in [1.29, 1.82) is 0 Å². The zero-order valence-electron chi connectivity index (χ0n) is 9.36. The second-order valence-electron chi connectivity index (χ2n) is 4.91. The topological polar surface area (TPSA) is 17.1 Å². The van der Waals surface area contributed by atoms with E-state index in [1.165, 1.54) is 17.5 Å². The highest BCUT2D eigenvalue weighted by molar-refractivity contribution is 5.87. The molecule has 0 heterocycles. The maximum absolute atomic E-state index is 11.9. The number of rotatable bonds is 3. The molecule has 0 N–H and O–H groups in total. The van der Waals surface area contributed by atoms with Gasteiger partial charge in [-0.05, 0) is 35.8 Å². The Bertz CT molecular complexity index is 447. The first-order valence-electron chi connectivity index (χ1n) is 6.04. The number of fused-ring (bicyclic) bond motifs is 3. The van der Waals surface area contributed by atoms with Crippen LogP contribution < -0.4 is 0 Å². The molecule has 16 heavy (non-hydrogen) atoms. The van der Waals surface area contributed by atoms with E-state index in [-0.39, 0.29) is 0 Å². The van der Waals surface area contributed by atoms with E-state index in [4.69, 9.17) is 0 Å². The van der Waals surface area contributed by atoms with Crippen LogP contribution in [0.3, 0.4) is 0 Å². The minimum Gasteiger partial charge on any atom is -0.299 e. The van der Waals surface area contributed by atoms with Gasteiger partial charge in [0.2, 0.25) is 0 Å². The van der Waals surface area contributed by atoms with Crippen molar-refractivity contribution in [1.82, 2.24) is 0 Å². The number of carbonyl (C=O) groups excluding carboxylic acids is 1. The predicted molar refractivity (Wildman–Crippen MR) is 64.3 cm³/mol. The van der Waals surface area contributed by atoms with Crippen LogP contribution in [-0.4, -0.2) is 5.78 Å². The first-order valence-corrected chi connectivity index (χ1v) is 6.04. The number of Topliss-reactive ketones (excluding diaryl/α,β-unsaturated/α-hetero) is 1. The number of hydrogen-bond donors (Lipinski definition) is 0. The quantitative estimate of drug-likeness (QED) is 0.704. The molecule has 1 aromatic rings. The Labute approximate surface area is 96.2 Å². The van der Waals surface area contributed by atoms with E-state index in [0.29, 0.717) is 30.0 Å². The molecule has 3 rings (SSSR count). The Morgan fingerprint density at radius 2 is 2.25 bits per heavy atom. The standard InChI is InChI=1S/C15H16O/c1-2-5-13(16)15-12-9-8-10-6-3-4-7-11(10)14(12)15/h2-4,6-7,12,14-15H,1,5,8-9H2. The normalized spacial score (nSPS) is 30.1. The summed E-state index contributed by atoms with van der Waals surface area (Å²) in [4.78, 5) is 11.9. The van der Waals surface area contributed by atoms with Crippen molar-refractivity contribution in [2.75, 3.05) is 0 Å². The molecule has 1 fully saturated rings. The molecule has 0 aromatic heterocycles. The number of hydrogen-bond acceptors (Lipinski definition) is 1. The number of benzene rings is 1. The number of aryl methyl sites for hydroxylation is 1. The van der Waals surface area contributed by atoms with Crippen LogP contribution in [0.25, 0.3) is 0 Å². The lowest BCUT2D eigenvalue weighted by atomic mass is 9.92. The molecule has 0 spiro atoms. The molecule has 1 heteroatoms. The van der Waals surface area contributed by atoms with Gasteiger partial charge in [-0.15, -0.1) is 6.58 Å². The summed E-state index contributed by atoms with van der Waals surface area (Å²) in [6, 6.07) is 8.60. The number of ketones is 1.